The number of carbonyl (C=O) groups is 2. The number of carbonyl (C=O) groups excluding carboxylic acids is 2. The molecule has 0 amide bonds. The Morgan fingerprint density at radius 3 is 2.62 bits per heavy atom. The van der Waals surface area contributed by atoms with Crippen LogP contribution < -0.4 is 14.9 Å². The molecular formula is C30H28N2O6S2. The highest BCUT2D eigenvalue weighted by atomic mass is 32.1. The number of hydrogen-bond donors (Lipinski definition) is 0. The van der Waals surface area contributed by atoms with Gasteiger partial charge in [0.05, 0.1) is 34.1 Å². The largest absolute Gasteiger partial charge is 0.463 e. The van der Waals surface area contributed by atoms with Crippen LogP contribution in [-0.4, -0.2) is 29.2 Å². The fraction of sp³-hybridized carbons (Fsp3) is 0.267. The van der Waals surface area contributed by atoms with E-state index in [0.29, 0.717) is 37.7 Å². The highest BCUT2D eigenvalue weighted by Gasteiger charge is 2.33. The molecule has 5 rings (SSSR count). The minimum atomic E-state index is -0.617. The highest BCUT2D eigenvalue weighted by molar-refractivity contribution is 7.10. The lowest BCUT2D eigenvalue weighted by molar-refractivity contribution is -0.139. The number of ether oxygens (including phenoxy) is 2. The molecule has 0 fully saturated rings. The summed E-state index contributed by atoms with van der Waals surface area (Å²) in [5, 5.41) is 1.91. The average molecular weight is 577 g/mol. The number of thiazole rings is 1. The molecule has 4 aromatic rings. The zero-order valence-electron chi connectivity index (χ0n) is 22.7. The number of furan rings is 1. The van der Waals surface area contributed by atoms with Crippen molar-refractivity contribution in [2.45, 2.75) is 46.8 Å². The van der Waals surface area contributed by atoms with Crippen molar-refractivity contribution in [3.05, 3.63) is 101 Å². The van der Waals surface area contributed by atoms with E-state index in [1.54, 1.807) is 42.7 Å². The molecule has 0 spiro atoms. The second-order valence-corrected chi connectivity index (χ2v) is 11.5. The molecular weight excluding hydrogens is 548 g/mol. The van der Waals surface area contributed by atoms with E-state index < -0.39 is 12.0 Å². The normalized spacial score (nSPS) is 15.2. The fourth-order valence-corrected chi connectivity index (χ4v) is 6.41. The summed E-state index contributed by atoms with van der Waals surface area (Å²) in [6.45, 7) is 9.25. The van der Waals surface area contributed by atoms with Gasteiger partial charge in [-0.1, -0.05) is 23.5 Å². The maximum atomic E-state index is 13.7. The molecule has 0 unspecified atom stereocenters. The number of rotatable bonds is 7. The Bertz CT molecular complexity index is 1800. The second kappa shape index (κ2) is 11.2. The van der Waals surface area contributed by atoms with Crippen LogP contribution in [0, 0.1) is 6.92 Å². The molecule has 8 nitrogen and oxygen atoms in total. The number of thiophene rings is 1. The number of esters is 2. The zero-order chi connectivity index (χ0) is 28.6. The van der Waals surface area contributed by atoms with Gasteiger partial charge in [-0.3, -0.25) is 9.36 Å². The van der Waals surface area contributed by atoms with Crippen LogP contribution in [-0.2, 0) is 14.3 Å². The molecule has 0 saturated heterocycles. The molecule has 4 heterocycles. The Morgan fingerprint density at radius 1 is 1.15 bits per heavy atom. The van der Waals surface area contributed by atoms with E-state index in [2.05, 4.69) is 4.99 Å². The van der Waals surface area contributed by atoms with Crippen LogP contribution in [0.4, 0.5) is 0 Å². The molecule has 1 aromatic carbocycles. The van der Waals surface area contributed by atoms with Crippen LogP contribution >= 0.6 is 22.7 Å². The van der Waals surface area contributed by atoms with Gasteiger partial charge in [0.25, 0.3) is 5.56 Å². The summed E-state index contributed by atoms with van der Waals surface area (Å²) < 4.78 is 18.7. The van der Waals surface area contributed by atoms with Crippen molar-refractivity contribution in [1.29, 1.82) is 0 Å². The first-order valence-electron chi connectivity index (χ1n) is 12.8. The molecule has 40 heavy (non-hydrogen) atoms. The van der Waals surface area contributed by atoms with Crippen molar-refractivity contribution in [2.24, 2.45) is 4.99 Å². The lowest BCUT2D eigenvalue weighted by atomic mass is 10.0. The van der Waals surface area contributed by atoms with Crippen LogP contribution in [0.3, 0.4) is 0 Å². The van der Waals surface area contributed by atoms with Gasteiger partial charge in [0.15, 0.2) is 4.80 Å². The summed E-state index contributed by atoms with van der Waals surface area (Å²) in [6.07, 6.45) is 1.48. The predicted molar refractivity (Wildman–Crippen MR) is 154 cm³/mol. The molecule has 0 aliphatic carbocycles. The Kier molecular flexibility index (Phi) is 7.73. The number of hydrogen-bond acceptors (Lipinski definition) is 9. The summed E-state index contributed by atoms with van der Waals surface area (Å²) in [4.78, 5) is 44.8. The maximum Gasteiger partial charge on any atom is 0.338 e. The van der Waals surface area contributed by atoms with Gasteiger partial charge in [0, 0.05) is 16.5 Å². The topological polar surface area (TPSA) is 100 Å². The van der Waals surface area contributed by atoms with E-state index in [-0.39, 0.29) is 24.2 Å². The lowest BCUT2D eigenvalue weighted by Gasteiger charge is -2.23. The summed E-state index contributed by atoms with van der Waals surface area (Å²) in [5.74, 6) is 0.252. The van der Waals surface area contributed by atoms with Gasteiger partial charge in [0.2, 0.25) is 0 Å². The van der Waals surface area contributed by atoms with Crippen molar-refractivity contribution in [2.75, 3.05) is 6.61 Å². The van der Waals surface area contributed by atoms with Crippen molar-refractivity contribution in [1.82, 2.24) is 4.57 Å². The van der Waals surface area contributed by atoms with E-state index in [0.717, 1.165) is 16.0 Å². The number of aryl methyl sites for hydroxylation is 1. The molecule has 1 aliphatic rings. The van der Waals surface area contributed by atoms with Gasteiger partial charge in [0.1, 0.15) is 17.6 Å². The average Bonchev–Trinajstić information content (AvgIpc) is 3.65. The maximum absolute atomic E-state index is 13.7. The minimum absolute atomic E-state index is 0.201. The third kappa shape index (κ3) is 5.24. The molecule has 1 atom stereocenters. The van der Waals surface area contributed by atoms with Gasteiger partial charge >= 0.3 is 11.9 Å². The van der Waals surface area contributed by atoms with E-state index in [1.807, 2.05) is 50.4 Å². The quantitative estimate of drug-likeness (QED) is 0.287. The van der Waals surface area contributed by atoms with Gasteiger partial charge in [-0.25, -0.2) is 14.6 Å². The molecule has 206 valence electrons. The zero-order valence-corrected chi connectivity index (χ0v) is 24.4. The second-order valence-electron chi connectivity index (χ2n) is 9.50. The molecule has 0 bridgehead atoms. The third-order valence-corrected chi connectivity index (χ3v) is 8.21. The number of aromatic nitrogens is 1. The standard InChI is InChI=1S/C30H28N2O6S2/c1-6-36-29(35)25-18(5)31-30-32(26(25)23-8-7-13-39-23)27(33)24(40-30)15-20-10-12-22(38-20)21-11-9-19(14-17(21)4)28(34)37-16(2)3/h7-16,26H,6H2,1-5H3/b24-15+/t26-/m0/s1. The van der Waals surface area contributed by atoms with Gasteiger partial charge in [-0.2, -0.15) is 0 Å². The number of fused-ring (bicyclic) bond motifs is 1. The van der Waals surface area contributed by atoms with Crippen molar-refractivity contribution < 1.29 is 23.5 Å². The first-order valence-corrected chi connectivity index (χ1v) is 14.5. The van der Waals surface area contributed by atoms with Gasteiger partial charge in [-0.05, 0) is 75.9 Å². The smallest absolute Gasteiger partial charge is 0.338 e. The van der Waals surface area contributed by atoms with Crippen molar-refractivity contribution >= 4 is 40.7 Å². The molecule has 0 N–H and O–H groups in total. The Hall–Kier alpha value is -4.02. The summed E-state index contributed by atoms with van der Waals surface area (Å²) in [6, 6.07) is 12.1. The van der Waals surface area contributed by atoms with Crippen molar-refractivity contribution in [3.8, 4) is 11.3 Å². The Balaban J connectivity index is 1.52. The first-order chi connectivity index (χ1) is 19.2. The van der Waals surface area contributed by atoms with Crippen LogP contribution in [0.25, 0.3) is 17.4 Å². The lowest BCUT2D eigenvalue weighted by Crippen LogP contribution is -2.39. The number of allylic oxidation sites excluding steroid dienone is 1. The third-order valence-electron chi connectivity index (χ3n) is 6.30. The Labute approximate surface area is 238 Å². The van der Waals surface area contributed by atoms with Crippen molar-refractivity contribution in [3.63, 3.8) is 0 Å². The van der Waals surface area contributed by atoms with Gasteiger partial charge < -0.3 is 13.9 Å². The Morgan fingerprint density at radius 2 is 1.95 bits per heavy atom. The van der Waals surface area contributed by atoms with Crippen LogP contribution in [0.15, 0.2) is 73.3 Å². The van der Waals surface area contributed by atoms with E-state index >= 15 is 0 Å². The number of nitrogens with zero attached hydrogens (tertiary/aromatic N) is 2. The molecule has 1 aliphatic heterocycles. The monoisotopic (exact) mass is 576 g/mol. The predicted octanol–water partition coefficient (Wildman–Crippen LogP) is 4.99. The molecule has 0 radical (unpaired) electrons. The minimum Gasteiger partial charge on any atom is -0.463 e. The molecule has 10 heteroatoms. The van der Waals surface area contributed by atoms with Crippen LogP contribution in [0.1, 0.15) is 60.3 Å². The fourth-order valence-electron chi connectivity index (χ4n) is 4.56. The summed E-state index contributed by atoms with van der Waals surface area (Å²) in [5.41, 5.74) is 2.78. The van der Waals surface area contributed by atoms with Crippen LogP contribution in [0.5, 0.6) is 0 Å². The first kappa shape index (κ1) is 27.5. The van der Waals surface area contributed by atoms with Gasteiger partial charge in [-0.15, -0.1) is 11.3 Å². The molecule has 3 aromatic heterocycles. The number of benzene rings is 1. The highest BCUT2D eigenvalue weighted by Crippen LogP contribution is 2.33. The summed E-state index contributed by atoms with van der Waals surface area (Å²) >= 11 is 2.71. The molecule has 0 saturated carbocycles. The van der Waals surface area contributed by atoms with E-state index in [1.165, 1.54) is 22.7 Å². The summed E-state index contributed by atoms with van der Waals surface area (Å²) in [7, 11) is 0. The van der Waals surface area contributed by atoms with E-state index in [9.17, 15) is 14.4 Å². The van der Waals surface area contributed by atoms with E-state index in [4.69, 9.17) is 13.9 Å². The SMILES string of the molecule is CCOC(=O)C1=C(C)N=c2s/c(=C/c3ccc(-c4ccc(C(=O)OC(C)C)cc4C)o3)c(=O)n2[C@H]1c1cccs1. The van der Waals surface area contributed by atoms with Crippen LogP contribution in [0.2, 0.25) is 0 Å².